The van der Waals surface area contributed by atoms with Crippen LogP contribution in [-0.2, 0) is 14.6 Å². The summed E-state index contributed by atoms with van der Waals surface area (Å²) >= 11 is 0. The maximum absolute atomic E-state index is 11.9. The van der Waals surface area contributed by atoms with Crippen molar-refractivity contribution < 1.29 is 13.2 Å². The third kappa shape index (κ3) is 3.42. The number of nitrogens with two attached hydrogens (primary N) is 1. The van der Waals surface area contributed by atoms with Crippen molar-refractivity contribution in [3.63, 3.8) is 0 Å². The van der Waals surface area contributed by atoms with E-state index in [9.17, 15) is 13.2 Å². The minimum Gasteiger partial charge on any atom is -0.355 e. The molecule has 0 saturated heterocycles. The van der Waals surface area contributed by atoms with E-state index in [1.165, 1.54) is 0 Å². The highest BCUT2D eigenvalue weighted by Gasteiger charge is 2.46. The second-order valence-electron chi connectivity index (χ2n) is 4.99. The molecular weight excluding hydrogens is 240 g/mol. The third-order valence-corrected chi connectivity index (χ3v) is 5.20. The average molecular weight is 262 g/mol. The van der Waals surface area contributed by atoms with Gasteiger partial charge in [0.1, 0.15) is 0 Å². The molecule has 1 saturated carbocycles. The van der Waals surface area contributed by atoms with Gasteiger partial charge in [-0.3, -0.25) is 4.79 Å². The van der Waals surface area contributed by atoms with Gasteiger partial charge in [-0.05, 0) is 18.8 Å². The van der Waals surface area contributed by atoms with Crippen molar-refractivity contribution in [2.24, 2.45) is 17.1 Å². The minimum atomic E-state index is -3.01. The zero-order valence-corrected chi connectivity index (χ0v) is 11.3. The Morgan fingerprint density at radius 1 is 1.47 bits per heavy atom. The van der Waals surface area contributed by atoms with Crippen LogP contribution in [0.15, 0.2) is 0 Å². The summed E-state index contributed by atoms with van der Waals surface area (Å²) in [5.41, 5.74) is 5.19. The van der Waals surface area contributed by atoms with E-state index in [4.69, 9.17) is 5.73 Å². The van der Waals surface area contributed by atoms with E-state index < -0.39 is 15.3 Å². The first-order chi connectivity index (χ1) is 7.85. The van der Waals surface area contributed by atoms with E-state index in [1.54, 1.807) is 6.92 Å². The van der Waals surface area contributed by atoms with E-state index in [0.717, 1.165) is 12.8 Å². The quantitative estimate of drug-likeness (QED) is 0.700. The summed E-state index contributed by atoms with van der Waals surface area (Å²) in [6.45, 7) is 4.21. The lowest BCUT2D eigenvalue weighted by atomic mass is 9.62. The van der Waals surface area contributed by atoms with Crippen molar-refractivity contribution in [1.29, 1.82) is 0 Å². The predicted molar refractivity (Wildman–Crippen MR) is 67.2 cm³/mol. The Balaban J connectivity index is 2.40. The van der Waals surface area contributed by atoms with Gasteiger partial charge in [0.15, 0.2) is 9.84 Å². The van der Waals surface area contributed by atoms with Gasteiger partial charge in [0.2, 0.25) is 5.91 Å². The zero-order valence-electron chi connectivity index (χ0n) is 10.5. The first-order valence-corrected chi connectivity index (χ1v) is 7.86. The lowest BCUT2D eigenvalue weighted by Crippen LogP contribution is -2.53. The Hall–Kier alpha value is -0.620. The molecule has 0 bridgehead atoms. The van der Waals surface area contributed by atoms with Crippen LogP contribution in [0.3, 0.4) is 0 Å². The number of rotatable bonds is 6. The summed E-state index contributed by atoms with van der Waals surface area (Å²) in [7, 11) is -3.01. The van der Waals surface area contributed by atoms with Crippen molar-refractivity contribution in [3.8, 4) is 0 Å². The molecule has 0 atom stereocenters. The molecule has 17 heavy (non-hydrogen) atoms. The van der Waals surface area contributed by atoms with Crippen molar-refractivity contribution in [3.05, 3.63) is 0 Å². The topological polar surface area (TPSA) is 89.3 Å². The van der Waals surface area contributed by atoms with Crippen LogP contribution < -0.4 is 11.1 Å². The molecule has 1 aliphatic rings. The van der Waals surface area contributed by atoms with Crippen LogP contribution in [0.25, 0.3) is 0 Å². The molecule has 3 N–H and O–H groups in total. The number of hydrogen-bond acceptors (Lipinski definition) is 4. The normalized spacial score (nSPS) is 28.5. The van der Waals surface area contributed by atoms with E-state index in [1.807, 2.05) is 0 Å². The van der Waals surface area contributed by atoms with E-state index in [-0.39, 0.29) is 24.0 Å². The van der Waals surface area contributed by atoms with Crippen LogP contribution in [0.5, 0.6) is 0 Å². The Kier molecular flexibility index (Phi) is 4.55. The number of nitrogens with one attached hydrogen (secondary N) is 1. The molecule has 0 unspecified atom stereocenters. The van der Waals surface area contributed by atoms with Gasteiger partial charge < -0.3 is 11.1 Å². The fraction of sp³-hybridized carbons (Fsp3) is 0.909. The second-order valence-corrected chi connectivity index (χ2v) is 7.46. The maximum Gasteiger partial charge on any atom is 0.227 e. The Labute approximate surface area is 103 Å². The fourth-order valence-electron chi connectivity index (χ4n) is 2.37. The van der Waals surface area contributed by atoms with Crippen LogP contribution in [0.1, 0.15) is 26.7 Å². The van der Waals surface area contributed by atoms with Gasteiger partial charge in [0.05, 0.1) is 11.2 Å². The lowest BCUT2D eigenvalue weighted by Gasteiger charge is -2.44. The molecule has 0 heterocycles. The monoisotopic (exact) mass is 262 g/mol. The van der Waals surface area contributed by atoms with Crippen LogP contribution in [0.4, 0.5) is 0 Å². The van der Waals surface area contributed by atoms with E-state index in [2.05, 4.69) is 12.2 Å². The molecule has 0 aliphatic heterocycles. The summed E-state index contributed by atoms with van der Waals surface area (Å²) in [5.74, 6) is 0.556. The highest BCUT2D eigenvalue weighted by atomic mass is 32.2. The molecule has 1 aliphatic carbocycles. The van der Waals surface area contributed by atoms with Gasteiger partial charge in [-0.15, -0.1) is 0 Å². The Morgan fingerprint density at radius 2 is 2.06 bits per heavy atom. The van der Waals surface area contributed by atoms with Crippen molar-refractivity contribution in [2.45, 2.75) is 26.7 Å². The zero-order chi connectivity index (χ0) is 13.1. The summed E-state index contributed by atoms with van der Waals surface area (Å²) in [5, 5.41) is 2.69. The molecular formula is C11H22N2O3S. The van der Waals surface area contributed by atoms with E-state index in [0.29, 0.717) is 12.5 Å². The van der Waals surface area contributed by atoms with E-state index >= 15 is 0 Å². The maximum atomic E-state index is 11.9. The predicted octanol–water partition coefficient (Wildman–Crippen LogP) is -0.0877. The van der Waals surface area contributed by atoms with Gasteiger partial charge in [0, 0.05) is 18.8 Å². The van der Waals surface area contributed by atoms with Crippen LogP contribution in [0, 0.1) is 11.3 Å². The lowest BCUT2D eigenvalue weighted by molar-refractivity contribution is -0.137. The molecule has 0 aromatic carbocycles. The SMILES string of the molecule is CCS(=O)(=O)CCNC(=O)C1(CN)CC(C)C1. The van der Waals surface area contributed by atoms with Gasteiger partial charge in [-0.2, -0.15) is 0 Å². The van der Waals surface area contributed by atoms with Crippen LogP contribution in [-0.4, -0.2) is 38.9 Å². The smallest absolute Gasteiger partial charge is 0.227 e. The third-order valence-electron chi connectivity index (χ3n) is 3.49. The summed E-state index contributed by atoms with van der Waals surface area (Å²) < 4.78 is 22.5. The highest BCUT2D eigenvalue weighted by Crippen LogP contribution is 2.44. The first-order valence-electron chi connectivity index (χ1n) is 6.04. The largest absolute Gasteiger partial charge is 0.355 e. The van der Waals surface area contributed by atoms with Crippen molar-refractivity contribution in [2.75, 3.05) is 24.6 Å². The average Bonchev–Trinajstić information content (AvgIpc) is 2.24. The minimum absolute atomic E-state index is 0.00540. The molecule has 1 amide bonds. The molecule has 6 heteroatoms. The van der Waals surface area contributed by atoms with Gasteiger partial charge in [0.25, 0.3) is 0 Å². The molecule has 0 radical (unpaired) electrons. The van der Waals surface area contributed by atoms with Crippen molar-refractivity contribution >= 4 is 15.7 Å². The summed E-state index contributed by atoms with van der Waals surface area (Å²) in [6.07, 6.45) is 1.60. The highest BCUT2D eigenvalue weighted by molar-refractivity contribution is 7.91. The summed E-state index contributed by atoms with van der Waals surface area (Å²) in [4.78, 5) is 11.9. The Morgan fingerprint density at radius 3 is 2.47 bits per heavy atom. The van der Waals surface area contributed by atoms with Crippen LogP contribution in [0.2, 0.25) is 0 Å². The van der Waals surface area contributed by atoms with Crippen LogP contribution >= 0.6 is 0 Å². The number of carbonyl (C=O) groups is 1. The number of amides is 1. The van der Waals surface area contributed by atoms with Gasteiger partial charge in [-0.25, -0.2) is 8.42 Å². The molecule has 0 aromatic heterocycles. The molecule has 5 nitrogen and oxygen atoms in total. The molecule has 100 valence electrons. The molecule has 1 rings (SSSR count). The first kappa shape index (κ1) is 14.4. The molecule has 1 fully saturated rings. The number of carbonyl (C=O) groups excluding carboxylic acids is 1. The summed E-state index contributed by atoms with van der Waals surface area (Å²) in [6, 6.07) is 0. The Bertz CT molecular complexity index is 372. The second kappa shape index (κ2) is 5.35. The molecule has 0 spiro atoms. The fourth-order valence-corrected chi connectivity index (χ4v) is 3.07. The van der Waals surface area contributed by atoms with Gasteiger partial charge >= 0.3 is 0 Å². The number of sulfone groups is 1. The molecule has 0 aromatic rings. The standard InChI is InChI=1S/C11H22N2O3S/c1-3-17(15,16)5-4-13-10(14)11(8-12)6-9(2)7-11/h9H,3-8,12H2,1-2H3,(H,13,14). The number of hydrogen-bond donors (Lipinski definition) is 2. The van der Waals surface area contributed by atoms with Crippen molar-refractivity contribution in [1.82, 2.24) is 5.32 Å². The van der Waals surface area contributed by atoms with Gasteiger partial charge in [-0.1, -0.05) is 13.8 Å².